The molecule has 0 radical (unpaired) electrons. The Morgan fingerprint density at radius 2 is 1.48 bits per heavy atom. The van der Waals surface area contributed by atoms with Gasteiger partial charge < -0.3 is 33.1 Å². The smallest absolute Gasteiger partial charge is 0.489 e. The Balaban J connectivity index is 0.000000495. The summed E-state index contributed by atoms with van der Waals surface area (Å²) in [5.74, 6) is 2.81. The fourth-order valence-electron chi connectivity index (χ4n) is 5.59. The molecule has 5 rings (SSSR count). The minimum absolute atomic E-state index is 0.0160. The zero-order valence-corrected chi connectivity index (χ0v) is 34.0. The summed E-state index contributed by atoms with van der Waals surface area (Å²) >= 11 is 0. The van der Waals surface area contributed by atoms with E-state index in [1.54, 1.807) is 30.3 Å². The predicted molar refractivity (Wildman–Crippen MR) is 210 cm³/mol. The van der Waals surface area contributed by atoms with Crippen molar-refractivity contribution in [3.8, 4) is 23.3 Å². The van der Waals surface area contributed by atoms with E-state index in [1.807, 2.05) is 37.3 Å². The SMILES string of the molecule is CC(=O)OCC(O)(C#Cc1ccc(OCc2ccccc2)c(C2CC(=O)N2c2ccc(OS(=O)(=O)C(F)(F)F)cc2)c1)COC(C)=O.CCC(OC(C)=O)c1ccc(F)cc1. The highest BCUT2D eigenvalue weighted by molar-refractivity contribution is 7.88. The minimum Gasteiger partial charge on any atom is -0.489 e. The summed E-state index contributed by atoms with van der Waals surface area (Å²) in [4.78, 5) is 47.6. The maximum absolute atomic E-state index is 12.8. The number of rotatable bonds is 14. The lowest BCUT2D eigenvalue weighted by Gasteiger charge is -2.41. The first-order chi connectivity index (χ1) is 28.7. The average Bonchev–Trinajstić information content (AvgIpc) is 3.20. The number of hydrogen-bond donors (Lipinski definition) is 1. The van der Waals surface area contributed by atoms with Crippen LogP contribution in [-0.4, -0.2) is 61.7 Å². The summed E-state index contributed by atoms with van der Waals surface area (Å²) in [5, 5.41) is 10.9. The summed E-state index contributed by atoms with van der Waals surface area (Å²) in [7, 11) is -5.89. The molecule has 1 N–H and O–H groups in total. The number of halogens is 4. The van der Waals surface area contributed by atoms with Crippen molar-refractivity contribution >= 4 is 39.6 Å². The Morgan fingerprint density at radius 1 is 0.869 bits per heavy atom. The van der Waals surface area contributed by atoms with Crippen molar-refractivity contribution in [1.29, 1.82) is 0 Å². The van der Waals surface area contributed by atoms with Crippen LogP contribution in [0, 0.1) is 17.7 Å². The van der Waals surface area contributed by atoms with Crippen LogP contribution >= 0.6 is 0 Å². The van der Waals surface area contributed by atoms with Crippen molar-refractivity contribution in [2.24, 2.45) is 0 Å². The van der Waals surface area contributed by atoms with Crippen LogP contribution in [0.3, 0.4) is 0 Å². The number of β-lactam (4-membered cyclic amide) rings is 1. The van der Waals surface area contributed by atoms with Gasteiger partial charge in [-0.15, -0.1) is 0 Å². The van der Waals surface area contributed by atoms with Gasteiger partial charge in [-0.05, 0) is 72.1 Å². The quantitative estimate of drug-likeness (QED) is 0.0262. The molecular weight excluding hydrogens is 831 g/mol. The van der Waals surface area contributed by atoms with Crippen LogP contribution in [0.4, 0.5) is 23.2 Å². The Bertz CT molecular complexity index is 2330. The van der Waals surface area contributed by atoms with Crippen molar-refractivity contribution < 1.29 is 73.4 Å². The van der Waals surface area contributed by atoms with Crippen molar-refractivity contribution in [2.75, 3.05) is 18.1 Å². The van der Waals surface area contributed by atoms with Gasteiger partial charge in [0.1, 0.15) is 43.2 Å². The Kier molecular flexibility index (Phi) is 16.0. The molecule has 0 aromatic heterocycles. The first-order valence-electron chi connectivity index (χ1n) is 18.4. The first kappa shape index (κ1) is 47.2. The topological polar surface area (TPSA) is 172 Å². The fraction of sp³-hybridized carbons (Fsp3) is 0.302. The lowest BCUT2D eigenvalue weighted by atomic mass is 9.91. The number of amides is 1. The van der Waals surface area contributed by atoms with Gasteiger partial charge in [-0.25, -0.2) is 4.39 Å². The minimum atomic E-state index is -5.89. The summed E-state index contributed by atoms with van der Waals surface area (Å²) in [5.41, 5.74) is -4.90. The Hall–Kier alpha value is -6.45. The molecule has 1 aliphatic heterocycles. The first-order valence-corrected chi connectivity index (χ1v) is 19.8. The normalized spacial score (nSPS) is 14.1. The van der Waals surface area contributed by atoms with E-state index >= 15 is 0 Å². The van der Waals surface area contributed by atoms with E-state index in [1.165, 1.54) is 36.1 Å². The molecule has 0 saturated carbocycles. The average molecular weight is 872 g/mol. The largest absolute Gasteiger partial charge is 0.534 e. The summed E-state index contributed by atoms with van der Waals surface area (Å²) < 4.78 is 98.7. The predicted octanol–water partition coefficient (Wildman–Crippen LogP) is 7.02. The molecule has 61 heavy (non-hydrogen) atoms. The number of alkyl halides is 3. The maximum atomic E-state index is 12.8. The van der Waals surface area contributed by atoms with Gasteiger partial charge in [0.25, 0.3) is 0 Å². The zero-order valence-electron chi connectivity index (χ0n) is 33.2. The number of nitrogens with zero attached hydrogens (tertiary/aromatic N) is 1. The van der Waals surface area contributed by atoms with Gasteiger partial charge in [0.2, 0.25) is 5.91 Å². The number of carbonyl (C=O) groups excluding carboxylic acids is 4. The van der Waals surface area contributed by atoms with Crippen LogP contribution < -0.4 is 13.8 Å². The van der Waals surface area contributed by atoms with Crippen LogP contribution in [0.25, 0.3) is 0 Å². The molecule has 1 amide bonds. The van der Waals surface area contributed by atoms with Gasteiger partial charge in [0.15, 0.2) is 5.60 Å². The molecule has 0 spiro atoms. The third-order valence-corrected chi connectivity index (χ3v) is 9.53. The van der Waals surface area contributed by atoms with Gasteiger partial charge in [-0.1, -0.05) is 61.2 Å². The van der Waals surface area contributed by atoms with E-state index in [9.17, 15) is 50.3 Å². The molecule has 1 fully saturated rings. The molecule has 13 nitrogen and oxygen atoms in total. The van der Waals surface area contributed by atoms with Crippen molar-refractivity contribution in [3.63, 3.8) is 0 Å². The molecule has 2 atom stereocenters. The van der Waals surface area contributed by atoms with E-state index in [-0.39, 0.29) is 42.5 Å². The number of benzene rings is 4. The third-order valence-electron chi connectivity index (χ3n) is 8.55. The number of ether oxygens (including phenoxy) is 4. The standard InChI is InChI=1S/C32H28F3NO10S.C11H13FO2/c1-21(37)44-19-31(40,20-45-22(2)38)15-14-23-8-13-29(43-18-24-6-4-3-5-7-24)27(16-23)28-17-30(39)36(28)25-9-11-26(12-10-25)46-47(41,42)32(33,34)35;1-3-11(14-8(2)13)9-4-6-10(12)7-5-9/h3-13,16,28,40H,17-20H2,1-2H3;4-7,11H,3H2,1-2H3. The molecule has 1 aliphatic rings. The van der Waals surface area contributed by atoms with Gasteiger partial charge >= 0.3 is 33.5 Å². The van der Waals surface area contributed by atoms with E-state index in [2.05, 4.69) is 16.0 Å². The second-order valence-electron chi connectivity index (χ2n) is 13.4. The lowest BCUT2D eigenvalue weighted by Crippen LogP contribution is -2.46. The van der Waals surface area contributed by atoms with Crippen LogP contribution in [0.5, 0.6) is 11.5 Å². The molecule has 4 aromatic rings. The molecule has 2 unspecified atom stereocenters. The van der Waals surface area contributed by atoms with E-state index in [0.717, 1.165) is 37.1 Å². The number of anilines is 1. The summed E-state index contributed by atoms with van der Waals surface area (Å²) in [6.45, 7) is 4.56. The Morgan fingerprint density at radius 3 is 2.00 bits per heavy atom. The summed E-state index contributed by atoms with van der Waals surface area (Å²) in [6.07, 6.45) is 0.431. The maximum Gasteiger partial charge on any atom is 0.534 e. The van der Waals surface area contributed by atoms with E-state index in [0.29, 0.717) is 23.3 Å². The Labute approximate surface area is 349 Å². The second-order valence-corrected chi connectivity index (χ2v) is 14.9. The van der Waals surface area contributed by atoms with Crippen LogP contribution in [0.1, 0.15) is 74.9 Å². The van der Waals surface area contributed by atoms with E-state index < -0.39 is 58.2 Å². The third kappa shape index (κ3) is 13.8. The van der Waals surface area contributed by atoms with E-state index in [4.69, 9.17) is 18.9 Å². The molecule has 4 aromatic carbocycles. The highest BCUT2D eigenvalue weighted by Crippen LogP contribution is 2.43. The van der Waals surface area contributed by atoms with Gasteiger partial charge in [-0.2, -0.15) is 21.6 Å². The van der Waals surface area contributed by atoms with Crippen LogP contribution in [0.15, 0.2) is 97.1 Å². The molecule has 324 valence electrons. The number of carbonyl (C=O) groups is 4. The number of hydrogen-bond acceptors (Lipinski definition) is 12. The monoisotopic (exact) mass is 871 g/mol. The van der Waals surface area contributed by atoms with Crippen molar-refractivity contribution in [2.45, 2.75) is 70.4 Å². The second kappa shape index (κ2) is 20.7. The number of aliphatic hydroxyl groups is 1. The molecule has 0 aliphatic carbocycles. The molecule has 1 saturated heterocycles. The van der Waals surface area contributed by atoms with Gasteiger partial charge in [0.05, 0.1) is 12.5 Å². The van der Waals surface area contributed by atoms with Crippen LogP contribution in [-0.2, 0) is 50.1 Å². The van der Waals surface area contributed by atoms with Crippen molar-refractivity contribution in [3.05, 3.63) is 125 Å². The molecular formula is C43H41F4NO12S. The van der Waals surface area contributed by atoms with Gasteiger partial charge in [-0.3, -0.25) is 19.2 Å². The summed E-state index contributed by atoms with van der Waals surface area (Å²) in [6, 6.07) is 23.9. The fourth-order valence-corrected chi connectivity index (χ4v) is 6.05. The molecule has 0 bridgehead atoms. The van der Waals surface area contributed by atoms with Crippen LogP contribution in [0.2, 0.25) is 0 Å². The van der Waals surface area contributed by atoms with Gasteiger partial charge in [0, 0.05) is 37.6 Å². The molecule has 1 heterocycles. The highest BCUT2D eigenvalue weighted by atomic mass is 32.2. The lowest BCUT2D eigenvalue weighted by molar-refractivity contribution is -0.154. The zero-order chi connectivity index (χ0) is 45.0. The molecule has 18 heteroatoms. The van der Waals surface area contributed by atoms with Crippen molar-refractivity contribution in [1.82, 2.24) is 0 Å². The number of esters is 3. The highest BCUT2D eigenvalue weighted by Gasteiger charge is 2.48.